The van der Waals surface area contributed by atoms with Crippen molar-refractivity contribution in [3.8, 4) is 0 Å². The highest BCUT2D eigenvalue weighted by atomic mass is 35.5. The number of aliphatic hydroxyl groups is 1. The zero-order chi connectivity index (χ0) is 13.7. The quantitative estimate of drug-likeness (QED) is 0.866. The summed E-state index contributed by atoms with van der Waals surface area (Å²) in [6, 6.07) is 4.23. The van der Waals surface area contributed by atoms with Gasteiger partial charge in [-0.05, 0) is 24.5 Å². The van der Waals surface area contributed by atoms with Crippen molar-refractivity contribution >= 4 is 17.5 Å². The van der Waals surface area contributed by atoms with Crippen LogP contribution >= 0.6 is 11.6 Å². The van der Waals surface area contributed by atoms with Crippen LogP contribution in [0.5, 0.6) is 0 Å². The molecule has 0 fully saturated rings. The van der Waals surface area contributed by atoms with Gasteiger partial charge in [-0.25, -0.2) is 4.39 Å². The van der Waals surface area contributed by atoms with Crippen LogP contribution in [0.4, 0.5) is 4.39 Å². The van der Waals surface area contributed by atoms with Crippen LogP contribution in [0.1, 0.15) is 30.6 Å². The number of benzene rings is 1. The number of hydrogen-bond acceptors (Lipinski definition) is 2. The van der Waals surface area contributed by atoms with Gasteiger partial charge in [-0.1, -0.05) is 31.5 Å². The van der Waals surface area contributed by atoms with E-state index in [1.807, 2.05) is 13.8 Å². The first kappa shape index (κ1) is 14.9. The topological polar surface area (TPSA) is 49.3 Å². The number of halogens is 2. The largest absolute Gasteiger partial charge is 0.391 e. The second-order valence-electron chi connectivity index (χ2n) is 4.59. The molecule has 1 unspecified atom stereocenters. The molecular formula is C13H17ClFNO2. The molecule has 0 saturated carbocycles. The average molecular weight is 274 g/mol. The first-order valence-electron chi connectivity index (χ1n) is 5.82. The van der Waals surface area contributed by atoms with Gasteiger partial charge in [0.1, 0.15) is 0 Å². The molecule has 0 heterocycles. The second-order valence-corrected chi connectivity index (χ2v) is 5.00. The van der Waals surface area contributed by atoms with Crippen LogP contribution in [0.3, 0.4) is 0 Å². The Labute approximate surface area is 111 Å². The van der Waals surface area contributed by atoms with Crippen molar-refractivity contribution in [2.75, 3.05) is 6.54 Å². The van der Waals surface area contributed by atoms with Gasteiger partial charge in [-0.2, -0.15) is 0 Å². The zero-order valence-electron chi connectivity index (χ0n) is 10.4. The molecule has 0 aromatic heterocycles. The van der Waals surface area contributed by atoms with E-state index in [-0.39, 0.29) is 17.1 Å². The number of carbonyl (C=O) groups is 1. The number of hydrogen-bond donors (Lipinski definition) is 2. The molecule has 0 aliphatic heterocycles. The molecule has 0 saturated heterocycles. The summed E-state index contributed by atoms with van der Waals surface area (Å²) < 4.78 is 13.5. The average Bonchev–Trinajstić information content (AvgIpc) is 2.29. The normalized spacial score (nSPS) is 12.6. The lowest BCUT2D eigenvalue weighted by Crippen LogP contribution is -2.33. The van der Waals surface area contributed by atoms with E-state index in [1.54, 1.807) is 0 Å². The molecule has 0 spiro atoms. The van der Waals surface area contributed by atoms with Crippen LogP contribution in [0, 0.1) is 11.7 Å². The van der Waals surface area contributed by atoms with Gasteiger partial charge >= 0.3 is 0 Å². The molecule has 0 aliphatic carbocycles. The summed E-state index contributed by atoms with van der Waals surface area (Å²) in [7, 11) is 0. The molecular weight excluding hydrogens is 257 g/mol. The maximum absolute atomic E-state index is 13.5. The number of rotatable bonds is 5. The molecule has 2 N–H and O–H groups in total. The Morgan fingerprint density at radius 1 is 1.50 bits per heavy atom. The molecule has 100 valence electrons. The third-order valence-corrected chi connectivity index (χ3v) is 2.73. The van der Waals surface area contributed by atoms with Crippen molar-refractivity contribution in [3.05, 3.63) is 34.6 Å². The highest BCUT2D eigenvalue weighted by molar-refractivity contribution is 6.31. The van der Waals surface area contributed by atoms with Crippen molar-refractivity contribution in [1.82, 2.24) is 5.32 Å². The summed E-state index contributed by atoms with van der Waals surface area (Å²) in [6.07, 6.45) is -0.0469. The van der Waals surface area contributed by atoms with Crippen LogP contribution in [0.25, 0.3) is 0 Å². The highest BCUT2D eigenvalue weighted by Gasteiger charge is 2.15. The fourth-order valence-electron chi connectivity index (χ4n) is 1.61. The summed E-state index contributed by atoms with van der Waals surface area (Å²) in [5.41, 5.74) is -0.112. The van der Waals surface area contributed by atoms with E-state index < -0.39 is 17.8 Å². The van der Waals surface area contributed by atoms with Gasteiger partial charge in [0.25, 0.3) is 5.91 Å². The Hall–Kier alpha value is -1.13. The molecule has 1 aromatic carbocycles. The molecule has 5 heteroatoms. The predicted molar refractivity (Wildman–Crippen MR) is 69.2 cm³/mol. The minimum absolute atomic E-state index is 0.0922. The van der Waals surface area contributed by atoms with E-state index in [1.165, 1.54) is 18.2 Å². The SMILES string of the molecule is CC(C)CC(O)CNC(=O)c1cccc(Cl)c1F. The minimum atomic E-state index is -0.741. The third kappa shape index (κ3) is 4.27. The maximum atomic E-state index is 13.5. The van der Waals surface area contributed by atoms with Gasteiger partial charge in [-0.3, -0.25) is 4.79 Å². The van der Waals surface area contributed by atoms with Crippen LogP contribution in [0.2, 0.25) is 5.02 Å². The first-order chi connectivity index (χ1) is 8.41. The summed E-state index contributed by atoms with van der Waals surface area (Å²) in [5, 5.41) is 12.0. The fourth-order valence-corrected chi connectivity index (χ4v) is 1.79. The number of carbonyl (C=O) groups excluding carboxylic acids is 1. The second kappa shape index (κ2) is 6.71. The van der Waals surface area contributed by atoms with Gasteiger partial charge in [0.2, 0.25) is 0 Å². The van der Waals surface area contributed by atoms with E-state index in [2.05, 4.69) is 5.32 Å². The lowest BCUT2D eigenvalue weighted by molar-refractivity contribution is 0.0896. The van der Waals surface area contributed by atoms with E-state index in [4.69, 9.17) is 11.6 Å². The lowest BCUT2D eigenvalue weighted by Gasteiger charge is -2.14. The molecule has 0 bridgehead atoms. The Kier molecular flexibility index (Phi) is 5.56. The van der Waals surface area contributed by atoms with Crippen molar-refractivity contribution in [3.63, 3.8) is 0 Å². The van der Waals surface area contributed by atoms with Gasteiger partial charge in [0.15, 0.2) is 5.82 Å². The molecule has 0 radical (unpaired) electrons. The highest BCUT2D eigenvalue weighted by Crippen LogP contribution is 2.17. The molecule has 1 rings (SSSR count). The van der Waals surface area contributed by atoms with Crippen LogP contribution < -0.4 is 5.32 Å². The minimum Gasteiger partial charge on any atom is -0.391 e. The first-order valence-corrected chi connectivity index (χ1v) is 6.20. The van der Waals surface area contributed by atoms with Gasteiger partial charge in [-0.15, -0.1) is 0 Å². The number of nitrogens with one attached hydrogen (secondary N) is 1. The fraction of sp³-hybridized carbons (Fsp3) is 0.462. The standard InChI is InChI=1S/C13H17ClFNO2/c1-8(2)6-9(17)7-16-13(18)10-4-3-5-11(14)12(10)15/h3-5,8-9,17H,6-7H2,1-2H3,(H,16,18). The summed E-state index contributed by atoms with van der Waals surface area (Å²) in [4.78, 5) is 11.7. The Bertz CT molecular complexity index is 423. The van der Waals surface area contributed by atoms with Crippen molar-refractivity contribution in [2.24, 2.45) is 5.92 Å². The zero-order valence-corrected chi connectivity index (χ0v) is 11.2. The smallest absolute Gasteiger partial charge is 0.254 e. The lowest BCUT2D eigenvalue weighted by atomic mass is 10.1. The molecule has 1 atom stereocenters. The molecule has 1 amide bonds. The van der Waals surface area contributed by atoms with Crippen molar-refractivity contribution < 1.29 is 14.3 Å². The third-order valence-electron chi connectivity index (χ3n) is 2.44. The van der Waals surface area contributed by atoms with Crippen molar-refractivity contribution in [1.29, 1.82) is 0 Å². The van der Waals surface area contributed by atoms with Crippen molar-refractivity contribution in [2.45, 2.75) is 26.4 Å². The molecule has 1 aromatic rings. The molecule has 3 nitrogen and oxygen atoms in total. The molecule has 0 aliphatic rings. The van der Waals surface area contributed by atoms with E-state index in [9.17, 15) is 14.3 Å². The Morgan fingerprint density at radius 3 is 2.78 bits per heavy atom. The van der Waals surface area contributed by atoms with E-state index >= 15 is 0 Å². The monoisotopic (exact) mass is 273 g/mol. The van der Waals surface area contributed by atoms with Gasteiger partial charge in [0.05, 0.1) is 16.7 Å². The van der Waals surface area contributed by atoms with Gasteiger partial charge in [0, 0.05) is 6.54 Å². The Morgan fingerprint density at radius 2 is 2.17 bits per heavy atom. The molecule has 18 heavy (non-hydrogen) atoms. The van der Waals surface area contributed by atoms with Gasteiger partial charge < -0.3 is 10.4 Å². The number of amides is 1. The van der Waals surface area contributed by atoms with Crippen LogP contribution in [0.15, 0.2) is 18.2 Å². The summed E-state index contributed by atoms with van der Waals surface area (Å²) in [5.74, 6) is -0.979. The summed E-state index contributed by atoms with van der Waals surface area (Å²) >= 11 is 5.59. The number of aliphatic hydroxyl groups excluding tert-OH is 1. The summed E-state index contributed by atoms with van der Waals surface area (Å²) in [6.45, 7) is 4.05. The van der Waals surface area contributed by atoms with Crippen LogP contribution in [-0.2, 0) is 0 Å². The maximum Gasteiger partial charge on any atom is 0.254 e. The Balaban J connectivity index is 2.58. The predicted octanol–water partition coefficient (Wildman–Crippen LogP) is 2.62. The van der Waals surface area contributed by atoms with E-state index in [0.717, 1.165) is 0 Å². The van der Waals surface area contributed by atoms with Crippen LogP contribution in [-0.4, -0.2) is 23.7 Å². The van der Waals surface area contributed by atoms with E-state index in [0.29, 0.717) is 12.3 Å².